The molecule has 0 bridgehead atoms. The van der Waals surface area contributed by atoms with Crippen molar-refractivity contribution in [3.05, 3.63) is 28.2 Å². The maximum Gasteiger partial charge on any atom is 0.304 e. The lowest BCUT2D eigenvalue weighted by atomic mass is 10.2. The SMILES string of the molecule is Cc1c(S(=O)(=O)O)sc2ccc(Br)cc12. The lowest BCUT2D eigenvalue weighted by Gasteiger charge is -1.94. The molecule has 2 rings (SSSR count). The van der Waals surface area contributed by atoms with Gasteiger partial charge in [0.25, 0.3) is 0 Å². The maximum atomic E-state index is 11.1. The summed E-state index contributed by atoms with van der Waals surface area (Å²) >= 11 is 4.40. The van der Waals surface area contributed by atoms with Crippen LogP contribution in [0.2, 0.25) is 0 Å². The van der Waals surface area contributed by atoms with Gasteiger partial charge in [0.1, 0.15) is 0 Å². The monoisotopic (exact) mass is 306 g/mol. The van der Waals surface area contributed by atoms with E-state index in [0.29, 0.717) is 5.56 Å². The largest absolute Gasteiger partial charge is 0.304 e. The summed E-state index contributed by atoms with van der Waals surface area (Å²) in [5.74, 6) is 0. The normalized spacial score (nSPS) is 12.2. The van der Waals surface area contributed by atoms with E-state index in [2.05, 4.69) is 15.9 Å². The summed E-state index contributed by atoms with van der Waals surface area (Å²) in [7, 11) is -4.10. The van der Waals surface area contributed by atoms with Crippen LogP contribution in [-0.2, 0) is 10.1 Å². The number of halogens is 1. The topological polar surface area (TPSA) is 54.4 Å². The Hall–Kier alpha value is -0.430. The molecule has 0 aliphatic rings. The second-order valence-corrected chi connectivity index (χ2v) is 6.71. The number of benzene rings is 1. The van der Waals surface area contributed by atoms with Gasteiger partial charge in [-0.15, -0.1) is 11.3 Å². The first-order valence-electron chi connectivity index (χ1n) is 4.06. The van der Waals surface area contributed by atoms with Gasteiger partial charge in [0.05, 0.1) is 0 Å². The zero-order chi connectivity index (χ0) is 11.2. The first kappa shape index (κ1) is 11.1. The van der Waals surface area contributed by atoms with Gasteiger partial charge >= 0.3 is 10.1 Å². The Bertz CT molecular complexity index is 628. The van der Waals surface area contributed by atoms with Gasteiger partial charge in [-0.05, 0) is 36.1 Å². The minimum Gasteiger partial charge on any atom is -0.281 e. The van der Waals surface area contributed by atoms with Crippen molar-refractivity contribution in [1.29, 1.82) is 0 Å². The summed E-state index contributed by atoms with van der Waals surface area (Å²) in [4.78, 5) is 0. The van der Waals surface area contributed by atoms with Crippen molar-refractivity contribution < 1.29 is 13.0 Å². The second-order valence-electron chi connectivity index (χ2n) is 3.13. The molecule has 2 aromatic rings. The first-order chi connectivity index (χ1) is 6.89. The van der Waals surface area contributed by atoms with E-state index in [4.69, 9.17) is 4.55 Å². The van der Waals surface area contributed by atoms with Gasteiger partial charge in [-0.3, -0.25) is 4.55 Å². The van der Waals surface area contributed by atoms with Crippen molar-refractivity contribution >= 4 is 47.5 Å². The molecular formula is C9H7BrO3S2. The average molecular weight is 307 g/mol. The van der Waals surface area contributed by atoms with Crippen LogP contribution in [-0.4, -0.2) is 13.0 Å². The van der Waals surface area contributed by atoms with Crippen LogP contribution >= 0.6 is 27.3 Å². The molecule has 1 aromatic carbocycles. The van der Waals surface area contributed by atoms with Crippen molar-refractivity contribution in [2.45, 2.75) is 11.1 Å². The molecule has 1 N–H and O–H groups in total. The predicted octanol–water partition coefficient (Wildman–Crippen LogP) is 3.22. The number of rotatable bonds is 1. The fraction of sp³-hybridized carbons (Fsp3) is 0.111. The zero-order valence-corrected chi connectivity index (χ0v) is 10.9. The molecule has 0 fully saturated rings. The van der Waals surface area contributed by atoms with Crippen molar-refractivity contribution in [1.82, 2.24) is 0 Å². The Morgan fingerprint density at radius 3 is 2.67 bits per heavy atom. The number of hydrogen-bond donors (Lipinski definition) is 1. The molecule has 0 spiro atoms. The summed E-state index contributed by atoms with van der Waals surface area (Å²) in [6.07, 6.45) is 0. The molecule has 0 atom stereocenters. The smallest absolute Gasteiger partial charge is 0.281 e. The van der Waals surface area contributed by atoms with E-state index in [1.807, 2.05) is 18.2 Å². The molecule has 0 radical (unpaired) electrons. The second kappa shape index (κ2) is 3.55. The Morgan fingerprint density at radius 2 is 2.07 bits per heavy atom. The Morgan fingerprint density at radius 1 is 1.40 bits per heavy atom. The van der Waals surface area contributed by atoms with Crippen LogP contribution in [0.25, 0.3) is 10.1 Å². The quantitative estimate of drug-likeness (QED) is 0.823. The summed E-state index contributed by atoms with van der Waals surface area (Å²) in [5.41, 5.74) is 0.596. The van der Waals surface area contributed by atoms with Crippen molar-refractivity contribution in [2.24, 2.45) is 0 Å². The van der Waals surface area contributed by atoms with Crippen molar-refractivity contribution in [3.63, 3.8) is 0 Å². The molecule has 80 valence electrons. The Kier molecular flexibility index (Phi) is 2.62. The lowest BCUT2D eigenvalue weighted by molar-refractivity contribution is 0.485. The summed E-state index contributed by atoms with van der Waals surface area (Å²) in [5, 5.41) is 0.849. The standard InChI is InChI=1S/C9H7BrO3S2/c1-5-7-4-6(10)2-3-8(7)14-9(5)15(11,12)13/h2-4H,1H3,(H,11,12,13). The molecule has 1 aromatic heterocycles. The highest BCUT2D eigenvalue weighted by atomic mass is 79.9. The van der Waals surface area contributed by atoms with Gasteiger partial charge in [-0.1, -0.05) is 15.9 Å². The minimum atomic E-state index is -4.10. The highest BCUT2D eigenvalue weighted by molar-refractivity contribution is 9.10. The van der Waals surface area contributed by atoms with Gasteiger partial charge in [0, 0.05) is 9.17 Å². The molecule has 6 heteroatoms. The van der Waals surface area contributed by atoms with Gasteiger partial charge in [-0.25, -0.2) is 0 Å². The average Bonchev–Trinajstić information content (AvgIpc) is 2.43. The third kappa shape index (κ3) is 1.94. The van der Waals surface area contributed by atoms with E-state index >= 15 is 0 Å². The molecule has 1 heterocycles. The van der Waals surface area contributed by atoms with Crippen LogP contribution in [0.1, 0.15) is 5.56 Å². The van der Waals surface area contributed by atoms with Crippen LogP contribution in [0.3, 0.4) is 0 Å². The van der Waals surface area contributed by atoms with Crippen LogP contribution in [0.15, 0.2) is 26.9 Å². The highest BCUT2D eigenvalue weighted by Crippen LogP contribution is 2.35. The molecular weight excluding hydrogens is 300 g/mol. The number of thiophene rings is 1. The van der Waals surface area contributed by atoms with Crippen LogP contribution in [0.4, 0.5) is 0 Å². The molecule has 0 saturated carbocycles. The van der Waals surface area contributed by atoms with Gasteiger partial charge in [-0.2, -0.15) is 8.42 Å². The molecule has 0 aliphatic carbocycles. The van der Waals surface area contributed by atoms with Crippen LogP contribution < -0.4 is 0 Å². The highest BCUT2D eigenvalue weighted by Gasteiger charge is 2.18. The molecule has 0 amide bonds. The first-order valence-corrected chi connectivity index (χ1v) is 7.10. The van der Waals surface area contributed by atoms with Gasteiger partial charge in [0.2, 0.25) is 0 Å². The van der Waals surface area contributed by atoms with E-state index in [1.165, 1.54) is 0 Å². The third-order valence-corrected chi connectivity index (χ3v) is 5.31. The molecule has 15 heavy (non-hydrogen) atoms. The summed E-state index contributed by atoms with van der Waals surface area (Å²) < 4.78 is 32.9. The Labute approximate surface area is 99.6 Å². The molecule has 0 saturated heterocycles. The van der Waals surface area contributed by atoms with E-state index in [0.717, 1.165) is 25.9 Å². The van der Waals surface area contributed by atoms with E-state index in [-0.39, 0.29) is 4.21 Å². The fourth-order valence-corrected chi connectivity index (χ4v) is 3.89. The molecule has 0 unspecified atom stereocenters. The Balaban J connectivity index is 2.87. The van der Waals surface area contributed by atoms with E-state index in [9.17, 15) is 8.42 Å². The van der Waals surface area contributed by atoms with Gasteiger partial charge < -0.3 is 0 Å². The predicted molar refractivity (Wildman–Crippen MR) is 64.1 cm³/mol. The zero-order valence-electron chi connectivity index (χ0n) is 7.69. The summed E-state index contributed by atoms with van der Waals surface area (Å²) in [6.45, 7) is 1.69. The summed E-state index contributed by atoms with van der Waals surface area (Å²) in [6, 6.07) is 5.51. The van der Waals surface area contributed by atoms with Gasteiger partial charge in [0.15, 0.2) is 4.21 Å². The van der Waals surface area contributed by atoms with E-state index in [1.54, 1.807) is 6.92 Å². The third-order valence-electron chi connectivity index (χ3n) is 2.09. The minimum absolute atomic E-state index is 0.0237. The van der Waals surface area contributed by atoms with Crippen LogP contribution in [0.5, 0.6) is 0 Å². The molecule has 0 aliphatic heterocycles. The van der Waals surface area contributed by atoms with Crippen molar-refractivity contribution in [3.8, 4) is 0 Å². The number of aryl methyl sites for hydroxylation is 1. The number of hydrogen-bond acceptors (Lipinski definition) is 3. The maximum absolute atomic E-state index is 11.1. The van der Waals surface area contributed by atoms with E-state index < -0.39 is 10.1 Å². The fourth-order valence-electron chi connectivity index (χ4n) is 1.42. The lowest BCUT2D eigenvalue weighted by Crippen LogP contribution is -1.96. The van der Waals surface area contributed by atoms with Crippen LogP contribution in [0, 0.1) is 6.92 Å². The molecule has 3 nitrogen and oxygen atoms in total. The van der Waals surface area contributed by atoms with Crippen molar-refractivity contribution in [2.75, 3.05) is 0 Å². The number of fused-ring (bicyclic) bond motifs is 1.